The lowest BCUT2D eigenvalue weighted by molar-refractivity contribution is -0.134. The zero-order valence-electron chi connectivity index (χ0n) is 16.0. The summed E-state index contributed by atoms with van der Waals surface area (Å²) in [7, 11) is 0. The number of hydrogen-bond donors (Lipinski definition) is 1. The van der Waals surface area contributed by atoms with Crippen molar-refractivity contribution in [2.45, 2.75) is 44.9 Å². The molecule has 5 nitrogen and oxygen atoms in total. The Labute approximate surface area is 167 Å². The van der Waals surface area contributed by atoms with Gasteiger partial charge in [-0.25, -0.2) is 0 Å². The minimum atomic E-state index is -0.00642. The van der Waals surface area contributed by atoms with E-state index in [-0.39, 0.29) is 5.91 Å². The SMILES string of the molecule is O=C(CCN1CCN(C(=O)CC2CCCCC2)CC1)Nc1cccc(Cl)c1. The molecule has 1 aromatic rings. The molecular formula is C21H30ClN3O2. The van der Waals surface area contributed by atoms with Crippen molar-refractivity contribution in [1.29, 1.82) is 0 Å². The third-order valence-corrected chi connectivity index (χ3v) is 5.91. The van der Waals surface area contributed by atoms with Crippen molar-refractivity contribution < 1.29 is 9.59 Å². The molecule has 1 aromatic carbocycles. The highest BCUT2D eigenvalue weighted by Crippen LogP contribution is 2.27. The van der Waals surface area contributed by atoms with Gasteiger partial charge in [-0.05, 0) is 37.0 Å². The number of hydrogen-bond acceptors (Lipinski definition) is 3. The van der Waals surface area contributed by atoms with E-state index in [2.05, 4.69) is 10.2 Å². The van der Waals surface area contributed by atoms with Gasteiger partial charge in [0.05, 0.1) is 0 Å². The van der Waals surface area contributed by atoms with Gasteiger partial charge in [-0.3, -0.25) is 14.5 Å². The molecule has 1 aliphatic carbocycles. The molecule has 27 heavy (non-hydrogen) atoms. The summed E-state index contributed by atoms with van der Waals surface area (Å²) in [5.74, 6) is 0.910. The quantitative estimate of drug-likeness (QED) is 0.802. The Balaban J connectivity index is 1.34. The number of amides is 2. The van der Waals surface area contributed by atoms with E-state index < -0.39 is 0 Å². The van der Waals surface area contributed by atoms with Crippen LogP contribution in [0.1, 0.15) is 44.9 Å². The van der Waals surface area contributed by atoms with Crippen LogP contribution in [-0.4, -0.2) is 54.3 Å². The lowest BCUT2D eigenvalue weighted by Crippen LogP contribution is -2.49. The van der Waals surface area contributed by atoms with Gasteiger partial charge >= 0.3 is 0 Å². The Morgan fingerprint density at radius 3 is 2.52 bits per heavy atom. The minimum Gasteiger partial charge on any atom is -0.340 e. The zero-order chi connectivity index (χ0) is 19.1. The summed E-state index contributed by atoms with van der Waals surface area (Å²) in [5.41, 5.74) is 0.727. The second-order valence-electron chi connectivity index (χ2n) is 7.74. The summed E-state index contributed by atoms with van der Waals surface area (Å²) in [5, 5.41) is 3.49. The average molecular weight is 392 g/mol. The molecular weight excluding hydrogens is 362 g/mol. The van der Waals surface area contributed by atoms with E-state index in [4.69, 9.17) is 11.6 Å². The highest BCUT2D eigenvalue weighted by atomic mass is 35.5. The maximum atomic E-state index is 12.5. The van der Waals surface area contributed by atoms with Gasteiger partial charge in [0.15, 0.2) is 0 Å². The van der Waals surface area contributed by atoms with Gasteiger partial charge in [-0.2, -0.15) is 0 Å². The van der Waals surface area contributed by atoms with Crippen LogP contribution in [0.25, 0.3) is 0 Å². The Hall–Kier alpha value is -1.59. The Kier molecular flexibility index (Phi) is 7.53. The first kappa shape index (κ1) is 20.2. The normalized spacial score (nSPS) is 19.1. The van der Waals surface area contributed by atoms with E-state index in [9.17, 15) is 9.59 Å². The van der Waals surface area contributed by atoms with Crippen LogP contribution < -0.4 is 5.32 Å². The lowest BCUT2D eigenvalue weighted by Gasteiger charge is -2.35. The zero-order valence-corrected chi connectivity index (χ0v) is 16.7. The van der Waals surface area contributed by atoms with Crippen LogP contribution in [0.5, 0.6) is 0 Å². The smallest absolute Gasteiger partial charge is 0.225 e. The number of rotatable bonds is 6. The van der Waals surface area contributed by atoms with Gasteiger partial charge < -0.3 is 10.2 Å². The number of halogens is 1. The number of nitrogens with zero attached hydrogens (tertiary/aromatic N) is 2. The molecule has 1 saturated heterocycles. The summed E-state index contributed by atoms with van der Waals surface area (Å²) >= 11 is 5.94. The van der Waals surface area contributed by atoms with Crippen LogP contribution in [0.4, 0.5) is 5.69 Å². The minimum absolute atomic E-state index is 0.00642. The molecule has 1 N–H and O–H groups in total. The van der Waals surface area contributed by atoms with E-state index in [1.807, 2.05) is 17.0 Å². The topological polar surface area (TPSA) is 52.7 Å². The van der Waals surface area contributed by atoms with Crippen molar-refractivity contribution in [3.8, 4) is 0 Å². The van der Waals surface area contributed by atoms with Crippen molar-refractivity contribution in [3.63, 3.8) is 0 Å². The number of nitrogens with one attached hydrogen (secondary N) is 1. The van der Waals surface area contributed by atoms with Crippen LogP contribution in [0, 0.1) is 5.92 Å². The van der Waals surface area contributed by atoms with Crippen LogP contribution in [-0.2, 0) is 9.59 Å². The Morgan fingerprint density at radius 2 is 1.81 bits per heavy atom. The van der Waals surface area contributed by atoms with Gasteiger partial charge in [0.25, 0.3) is 0 Å². The van der Waals surface area contributed by atoms with Crippen LogP contribution >= 0.6 is 11.6 Å². The fourth-order valence-electron chi connectivity index (χ4n) is 4.04. The highest BCUT2D eigenvalue weighted by Gasteiger charge is 2.24. The molecule has 148 valence electrons. The lowest BCUT2D eigenvalue weighted by atomic mass is 9.86. The van der Waals surface area contributed by atoms with Crippen molar-refractivity contribution in [2.75, 3.05) is 38.0 Å². The number of carbonyl (C=O) groups is 2. The molecule has 0 spiro atoms. The Bertz CT molecular complexity index is 638. The molecule has 2 aliphatic rings. The van der Waals surface area contributed by atoms with E-state index in [1.165, 1.54) is 32.1 Å². The van der Waals surface area contributed by atoms with Gasteiger partial charge in [0.2, 0.25) is 11.8 Å². The number of piperazine rings is 1. The van der Waals surface area contributed by atoms with E-state index in [1.54, 1.807) is 12.1 Å². The molecule has 0 atom stereocenters. The molecule has 3 rings (SSSR count). The standard InChI is InChI=1S/C21H30ClN3O2/c22-18-7-4-8-19(16-18)23-20(26)9-10-24-11-13-25(14-12-24)21(27)15-17-5-2-1-3-6-17/h4,7-8,16-17H,1-3,5-6,9-15H2,(H,23,26). The highest BCUT2D eigenvalue weighted by molar-refractivity contribution is 6.30. The molecule has 0 aromatic heterocycles. The summed E-state index contributed by atoms with van der Waals surface area (Å²) < 4.78 is 0. The maximum Gasteiger partial charge on any atom is 0.225 e. The largest absolute Gasteiger partial charge is 0.340 e. The monoisotopic (exact) mass is 391 g/mol. The third-order valence-electron chi connectivity index (χ3n) is 5.68. The molecule has 1 saturated carbocycles. The number of carbonyl (C=O) groups excluding carboxylic acids is 2. The van der Waals surface area contributed by atoms with Gasteiger partial charge in [0.1, 0.15) is 0 Å². The fourth-order valence-corrected chi connectivity index (χ4v) is 4.23. The summed E-state index contributed by atoms with van der Waals surface area (Å²) in [4.78, 5) is 28.9. The van der Waals surface area contributed by atoms with E-state index >= 15 is 0 Å². The van der Waals surface area contributed by atoms with Crippen molar-refractivity contribution in [2.24, 2.45) is 5.92 Å². The van der Waals surface area contributed by atoms with Crippen LogP contribution in [0.3, 0.4) is 0 Å². The first-order valence-corrected chi connectivity index (χ1v) is 10.5. The van der Waals surface area contributed by atoms with E-state index in [0.717, 1.165) is 44.8 Å². The molecule has 0 unspecified atom stereocenters. The van der Waals surface area contributed by atoms with Gasteiger partial charge in [-0.1, -0.05) is 36.9 Å². The molecule has 0 bridgehead atoms. The third kappa shape index (κ3) is 6.51. The van der Waals surface area contributed by atoms with Crippen molar-refractivity contribution in [1.82, 2.24) is 9.80 Å². The first-order valence-electron chi connectivity index (χ1n) is 10.2. The first-order chi connectivity index (χ1) is 13.1. The maximum absolute atomic E-state index is 12.5. The second-order valence-corrected chi connectivity index (χ2v) is 8.18. The molecule has 0 radical (unpaired) electrons. The second kappa shape index (κ2) is 10.1. The fraction of sp³-hybridized carbons (Fsp3) is 0.619. The number of anilines is 1. The van der Waals surface area contributed by atoms with Gasteiger partial charge in [0, 0.05) is 56.3 Å². The van der Waals surface area contributed by atoms with Crippen molar-refractivity contribution in [3.05, 3.63) is 29.3 Å². The van der Waals surface area contributed by atoms with Crippen LogP contribution in [0.15, 0.2) is 24.3 Å². The average Bonchev–Trinajstić information content (AvgIpc) is 2.67. The predicted octanol–water partition coefficient (Wildman–Crippen LogP) is 3.78. The molecule has 2 amide bonds. The summed E-state index contributed by atoms with van der Waals surface area (Å²) in [6, 6.07) is 7.18. The summed E-state index contributed by atoms with van der Waals surface area (Å²) in [6.45, 7) is 3.97. The Morgan fingerprint density at radius 1 is 1.07 bits per heavy atom. The number of benzene rings is 1. The molecule has 1 heterocycles. The molecule has 1 aliphatic heterocycles. The van der Waals surface area contributed by atoms with Crippen molar-refractivity contribution >= 4 is 29.1 Å². The molecule has 2 fully saturated rings. The van der Waals surface area contributed by atoms with Gasteiger partial charge in [-0.15, -0.1) is 0 Å². The van der Waals surface area contributed by atoms with E-state index in [0.29, 0.717) is 23.3 Å². The molecule has 6 heteroatoms. The summed E-state index contributed by atoms with van der Waals surface area (Å²) in [6.07, 6.45) is 7.49. The predicted molar refractivity (Wildman–Crippen MR) is 109 cm³/mol. The van der Waals surface area contributed by atoms with Crippen LogP contribution in [0.2, 0.25) is 5.02 Å².